The Labute approximate surface area is 111 Å². The van der Waals surface area contributed by atoms with Crippen LogP contribution in [0.4, 0.5) is 10.1 Å². The van der Waals surface area contributed by atoms with E-state index >= 15 is 0 Å². The molecular formula is C13H16ClFN2O. The minimum Gasteiger partial charge on any atom is -0.396 e. The van der Waals surface area contributed by atoms with E-state index in [0.717, 1.165) is 6.07 Å². The summed E-state index contributed by atoms with van der Waals surface area (Å²) in [5.41, 5.74) is 0.0453. The molecule has 0 aromatic carbocycles. The molecule has 1 aromatic rings. The van der Waals surface area contributed by atoms with Gasteiger partial charge in [0.15, 0.2) is 0 Å². The van der Waals surface area contributed by atoms with Crippen molar-refractivity contribution in [1.29, 1.82) is 0 Å². The van der Waals surface area contributed by atoms with E-state index in [9.17, 15) is 9.50 Å². The van der Waals surface area contributed by atoms with Crippen LogP contribution in [0.25, 0.3) is 4.85 Å². The summed E-state index contributed by atoms with van der Waals surface area (Å²) in [4.78, 5) is 7.00. The number of aliphatic hydroxyl groups is 1. The van der Waals surface area contributed by atoms with E-state index in [1.165, 1.54) is 0 Å². The fraction of sp³-hybridized carbons (Fsp3) is 0.538. The molecule has 1 heterocycles. The highest BCUT2D eigenvalue weighted by Gasteiger charge is 2.26. The van der Waals surface area contributed by atoms with Crippen LogP contribution in [-0.4, -0.2) is 16.7 Å². The Kier molecular flexibility index (Phi) is 4.66. The van der Waals surface area contributed by atoms with Gasteiger partial charge in [-0.05, 0) is 23.8 Å². The average Bonchev–Trinajstić information content (AvgIpc) is 2.27. The van der Waals surface area contributed by atoms with Crippen molar-refractivity contribution in [3.05, 3.63) is 34.1 Å². The number of aliphatic hydroxyl groups excluding tert-OH is 1. The zero-order valence-corrected chi connectivity index (χ0v) is 11.4. The van der Waals surface area contributed by atoms with Gasteiger partial charge < -0.3 is 5.11 Å². The van der Waals surface area contributed by atoms with Gasteiger partial charge in [0.2, 0.25) is 5.69 Å². The smallest absolute Gasteiger partial charge is 0.226 e. The number of hydrogen-bond acceptors (Lipinski definition) is 2. The summed E-state index contributed by atoms with van der Waals surface area (Å²) in [5.74, 6) is -0.664. The minimum absolute atomic E-state index is 0.00648. The number of pyridine rings is 1. The maximum Gasteiger partial charge on any atom is 0.226 e. The SMILES string of the molecule is [C-]#[N+]c1cc(F)c(C[C@H](CO)C(C)(C)C)nc1Cl. The summed E-state index contributed by atoms with van der Waals surface area (Å²) in [6, 6.07) is 1.09. The molecule has 0 saturated carbocycles. The Morgan fingerprint density at radius 2 is 2.17 bits per heavy atom. The molecule has 0 aliphatic carbocycles. The topological polar surface area (TPSA) is 37.5 Å². The molecule has 18 heavy (non-hydrogen) atoms. The second-order valence-corrected chi connectivity index (χ2v) is 5.65. The molecule has 0 aliphatic rings. The molecule has 1 atom stereocenters. The molecule has 0 radical (unpaired) electrons. The highest BCUT2D eigenvalue weighted by Crippen LogP contribution is 2.31. The third-order valence-corrected chi connectivity index (χ3v) is 3.27. The first kappa shape index (κ1) is 14.9. The summed E-state index contributed by atoms with van der Waals surface area (Å²) in [6.45, 7) is 12.7. The van der Waals surface area contributed by atoms with E-state index in [1.54, 1.807) is 0 Å². The van der Waals surface area contributed by atoms with Gasteiger partial charge in [-0.25, -0.2) is 14.2 Å². The highest BCUT2D eigenvalue weighted by molar-refractivity contribution is 6.32. The summed E-state index contributed by atoms with van der Waals surface area (Å²) in [6.07, 6.45) is 0.295. The van der Waals surface area contributed by atoms with Crippen molar-refractivity contribution in [2.45, 2.75) is 27.2 Å². The predicted octanol–water partition coefficient (Wildman–Crippen LogP) is 3.62. The molecule has 1 N–H and O–H groups in total. The average molecular weight is 271 g/mol. The summed E-state index contributed by atoms with van der Waals surface area (Å²) in [5, 5.41) is 9.36. The largest absolute Gasteiger partial charge is 0.396 e. The lowest BCUT2D eigenvalue weighted by molar-refractivity contribution is 0.129. The van der Waals surface area contributed by atoms with Crippen molar-refractivity contribution < 1.29 is 9.50 Å². The first-order valence-corrected chi connectivity index (χ1v) is 6.00. The Bertz CT molecular complexity index is 477. The van der Waals surface area contributed by atoms with E-state index in [-0.39, 0.29) is 34.5 Å². The first-order chi connectivity index (χ1) is 8.29. The van der Waals surface area contributed by atoms with Crippen molar-refractivity contribution >= 4 is 17.3 Å². The lowest BCUT2D eigenvalue weighted by Crippen LogP contribution is -2.26. The van der Waals surface area contributed by atoms with Gasteiger partial charge in [-0.2, -0.15) is 0 Å². The van der Waals surface area contributed by atoms with Gasteiger partial charge in [-0.3, -0.25) is 0 Å². The van der Waals surface area contributed by atoms with Crippen LogP contribution in [0.5, 0.6) is 0 Å². The van der Waals surface area contributed by atoms with Crippen LogP contribution < -0.4 is 0 Å². The fourth-order valence-corrected chi connectivity index (χ4v) is 1.79. The molecule has 5 heteroatoms. The zero-order chi connectivity index (χ0) is 13.9. The van der Waals surface area contributed by atoms with Gasteiger partial charge in [-0.1, -0.05) is 32.4 Å². The normalized spacial score (nSPS) is 13.2. The molecule has 0 unspecified atom stereocenters. The molecule has 1 rings (SSSR count). The Morgan fingerprint density at radius 3 is 2.61 bits per heavy atom. The third-order valence-electron chi connectivity index (χ3n) is 2.99. The van der Waals surface area contributed by atoms with Crippen molar-refractivity contribution in [3.63, 3.8) is 0 Å². The summed E-state index contributed by atoms with van der Waals surface area (Å²) in [7, 11) is 0. The number of halogens is 2. The minimum atomic E-state index is -0.548. The van der Waals surface area contributed by atoms with E-state index in [2.05, 4.69) is 9.83 Å². The van der Waals surface area contributed by atoms with Gasteiger partial charge >= 0.3 is 0 Å². The first-order valence-electron chi connectivity index (χ1n) is 5.62. The van der Waals surface area contributed by atoms with Gasteiger partial charge in [0.05, 0.1) is 12.3 Å². The Hall–Kier alpha value is -1.18. The van der Waals surface area contributed by atoms with E-state index in [4.69, 9.17) is 18.2 Å². The van der Waals surface area contributed by atoms with Crippen LogP contribution in [0.3, 0.4) is 0 Å². The summed E-state index contributed by atoms with van der Waals surface area (Å²) >= 11 is 5.79. The molecule has 0 saturated heterocycles. The van der Waals surface area contributed by atoms with Crippen LogP contribution in [0.2, 0.25) is 5.15 Å². The van der Waals surface area contributed by atoms with Gasteiger partial charge in [-0.15, -0.1) is 0 Å². The second-order valence-electron chi connectivity index (χ2n) is 5.29. The highest BCUT2D eigenvalue weighted by atomic mass is 35.5. The number of hydrogen-bond donors (Lipinski definition) is 1. The maximum atomic E-state index is 13.8. The maximum absolute atomic E-state index is 13.8. The lowest BCUT2D eigenvalue weighted by Gasteiger charge is -2.28. The fourth-order valence-electron chi connectivity index (χ4n) is 1.59. The molecule has 0 bridgehead atoms. The van der Waals surface area contributed by atoms with Crippen molar-refractivity contribution in [2.24, 2.45) is 11.3 Å². The van der Waals surface area contributed by atoms with Crippen LogP contribution in [0, 0.1) is 23.7 Å². The molecule has 1 aromatic heterocycles. The van der Waals surface area contributed by atoms with Crippen LogP contribution in [-0.2, 0) is 6.42 Å². The molecule has 0 fully saturated rings. The molecule has 3 nitrogen and oxygen atoms in total. The predicted molar refractivity (Wildman–Crippen MR) is 69.2 cm³/mol. The van der Waals surface area contributed by atoms with Crippen LogP contribution in [0.1, 0.15) is 26.5 Å². The number of nitrogens with zero attached hydrogens (tertiary/aromatic N) is 2. The summed E-state index contributed by atoms with van der Waals surface area (Å²) < 4.78 is 13.8. The Balaban J connectivity index is 3.05. The van der Waals surface area contributed by atoms with Gasteiger partial charge in [0.1, 0.15) is 11.0 Å². The standard InChI is InChI=1S/C13H16ClFN2O/c1-13(2,3)8(7-18)5-10-9(15)6-11(16-4)12(14)17-10/h6,8,18H,5,7H2,1-3H3/t8-/m1/s1. The van der Waals surface area contributed by atoms with Crippen molar-refractivity contribution in [2.75, 3.05) is 6.61 Å². The van der Waals surface area contributed by atoms with Gasteiger partial charge in [0, 0.05) is 6.61 Å². The molecule has 0 aliphatic heterocycles. The van der Waals surface area contributed by atoms with Crippen molar-refractivity contribution in [3.8, 4) is 0 Å². The third kappa shape index (κ3) is 3.41. The molecule has 0 amide bonds. The zero-order valence-electron chi connectivity index (χ0n) is 10.7. The second kappa shape index (κ2) is 5.64. The monoisotopic (exact) mass is 270 g/mol. The van der Waals surface area contributed by atoms with Crippen LogP contribution in [0.15, 0.2) is 6.07 Å². The van der Waals surface area contributed by atoms with Crippen molar-refractivity contribution in [1.82, 2.24) is 4.98 Å². The molecule has 0 spiro atoms. The molecule has 98 valence electrons. The van der Waals surface area contributed by atoms with Gasteiger partial charge in [0.25, 0.3) is 0 Å². The van der Waals surface area contributed by atoms with E-state index in [1.807, 2.05) is 20.8 Å². The van der Waals surface area contributed by atoms with Crippen LogP contribution >= 0.6 is 11.6 Å². The quantitative estimate of drug-likeness (QED) is 0.673. The van der Waals surface area contributed by atoms with E-state index in [0.29, 0.717) is 6.42 Å². The van der Waals surface area contributed by atoms with E-state index < -0.39 is 5.82 Å². The lowest BCUT2D eigenvalue weighted by atomic mass is 9.78. The Morgan fingerprint density at radius 1 is 1.56 bits per heavy atom. The molecular weight excluding hydrogens is 255 g/mol. The number of aromatic nitrogens is 1. The number of rotatable bonds is 3.